The fraction of sp³-hybridized carbons (Fsp3) is 0.591. The van der Waals surface area contributed by atoms with E-state index in [-0.39, 0.29) is 36.1 Å². The Bertz CT molecular complexity index is 894. The molecular weight excluding hydrogens is 507 g/mol. The van der Waals surface area contributed by atoms with Crippen molar-refractivity contribution < 1.29 is 9.47 Å². The molecule has 1 saturated carbocycles. The van der Waals surface area contributed by atoms with Gasteiger partial charge in [0.1, 0.15) is 11.6 Å². The lowest BCUT2D eigenvalue weighted by molar-refractivity contribution is 0.198. The molecule has 1 aliphatic heterocycles. The number of ether oxygens (including phenoxy) is 2. The summed E-state index contributed by atoms with van der Waals surface area (Å²) in [4.78, 5) is 9.02. The molecule has 0 bridgehead atoms. The zero-order valence-corrected chi connectivity index (χ0v) is 20.9. The molecule has 2 aliphatic rings. The second-order valence-electron chi connectivity index (χ2n) is 7.98. The van der Waals surface area contributed by atoms with Gasteiger partial charge in [-0.15, -0.1) is 24.0 Å². The zero-order valence-electron chi connectivity index (χ0n) is 18.6. The molecule has 0 spiro atoms. The molecule has 2 aromatic rings. The molecule has 2 N–H and O–H groups in total. The van der Waals surface area contributed by atoms with E-state index in [2.05, 4.69) is 31.8 Å². The van der Waals surface area contributed by atoms with Crippen LogP contribution in [0, 0.1) is 6.92 Å². The number of nitrogens with one attached hydrogen (secondary N) is 2. The number of aryl methyl sites for hydroxylation is 2. The molecule has 2 heterocycles. The Morgan fingerprint density at radius 1 is 1.23 bits per heavy atom. The van der Waals surface area contributed by atoms with Crippen LogP contribution in [0.15, 0.2) is 23.2 Å². The van der Waals surface area contributed by atoms with Crippen molar-refractivity contribution in [1.29, 1.82) is 0 Å². The Morgan fingerprint density at radius 3 is 2.77 bits per heavy atom. The molecule has 170 valence electrons. The summed E-state index contributed by atoms with van der Waals surface area (Å²) in [7, 11) is 3.48. The van der Waals surface area contributed by atoms with Crippen LogP contribution in [0.25, 0.3) is 0 Å². The van der Waals surface area contributed by atoms with E-state index in [4.69, 9.17) is 9.47 Å². The summed E-state index contributed by atoms with van der Waals surface area (Å²) < 4.78 is 13.9. The van der Waals surface area contributed by atoms with E-state index in [1.165, 1.54) is 12.8 Å². The second kappa shape index (κ2) is 11.0. The SMILES string of the molecule is CN=C(NCc1cccc(OC)c1OC1CCCC1)NC1CCCn2nc(C)nc21.I. The average molecular weight is 540 g/mol. The molecule has 8 nitrogen and oxygen atoms in total. The lowest BCUT2D eigenvalue weighted by atomic mass is 10.1. The predicted octanol–water partition coefficient (Wildman–Crippen LogP) is 3.73. The first-order valence-corrected chi connectivity index (χ1v) is 10.9. The van der Waals surface area contributed by atoms with Gasteiger partial charge in [-0.05, 0) is 51.5 Å². The van der Waals surface area contributed by atoms with Gasteiger partial charge in [0.25, 0.3) is 0 Å². The van der Waals surface area contributed by atoms with Crippen LogP contribution in [0.5, 0.6) is 11.5 Å². The standard InChI is InChI=1S/C22H32N6O2.HI/c1-15-25-21-18(11-7-13-28(21)27-15)26-22(23-2)24-14-16-8-6-12-19(29-3)20(16)30-17-9-4-5-10-17;/h6,8,12,17-18H,4-5,7,9-11,13-14H2,1-3H3,(H2,23,24,26);1H. The maximum absolute atomic E-state index is 6.35. The first kappa shape index (κ1) is 23.6. The number of benzene rings is 1. The lowest BCUT2D eigenvalue weighted by Gasteiger charge is -2.25. The fourth-order valence-electron chi connectivity index (χ4n) is 4.31. The van der Waals surface area contributed by atoms with Gasteiger partial charge in [-0.1, -0.05) is 12.1 Å². The third kappa shape index (κ3) is 5.61. The third-order valence-corrected chi connectivity index (χ3v) is 5.83. The van der Waals surface area contributed by atoms with E-state index >= 15 is 0 Å². The van der Waals surface area contributed by atoms with Gasteiger partial charge in [-0.3, -0.25) is 4.99 Å². The number of guanidine groups is 1. The minimum atomic E-state index is 0. The van der Waals surface area contributed by atoms with E-state index in [0.29, 0.717) is 6.54 Å². The van der Waals surface area contributed by atoms with Crippen LogP contribution in [0.3, 0.4) is 0 Å². The number of rotatable bonds is 6. The maximum Gasteiger partial charge on any atom is 0.191 e. The molecule has 1 aromatic heterocycles. The summed E-state index contributed by atoms with van der Waals surface area (Å²) in [5, 5.41) is 11.4. The van der Waals surface area contributed by atoms with Crippen LogP contribution in [0.1, 0.15) is 61.8 Å². The van der Waals surface area contributed by atoms with E-state index in [1.54, 1.807) is 14.2 Å². The van der Waals surface area contributed by atoms with Crippen LogP contribution >= 0.6 is 24.0 Å². The minimum Gasteiger partial charge on any atom is -0.493 e. The third-order valence-electron chi connectivity index (χ3n) is 5.83. The van der Waals surface area contributed by atoms with Crippen molar-refractivity contribution in [2.24, 2.45) is 4.99 Å². The van der Waals surface area contributed by atoms with Gasteiger partial charge in [0, 0.05) is 25.7 Å². The molecule has 0 radical (unpaired) electrons. The van der Waals surface area contributed by atoms with E-state index < -0.39 is 0 Å². The summed E-state index contributed by atoms with van der Waals surface area (Å²) in [5.41, 5.74) is 1.06. The van der Waals surface area contributed by atoms with Crippen molar-refractivity contribution in [2.45, 2.75) is 70.7 Å². The van der Waals surface area contributed by atoms with Crippen molar-refractivity contribution in [3.05, 3.63) is 35.4 Å². The van der Waals surface area contributed by atoms with Crippen molar-refractivity contribution in [2.75, 3.05) is 14.2 Å². The van der Waals surface area contributed by atoms with E-state index in [9.17, 15) is 0 Å². The number of nitrogens with zero attached hydrogens (tertiary/aromatic N) is 4. The van der Waals surface area contributed by atoms with Crippen LogP contribution < -0.4 is 20.1 Å². The molecule has 9 heteroatoms. The normalized spacial score (nSPS) is 18.8. The number of aromatic nitrogens is 3. The highest BCUT2D eigenvalue weighted by Gasteiger charge is 2.25. The van der Waals surface area contributed by atoms with Crippen molar-refractivity contribution in [3.63, 3.8) is 0 Å². The first-order chi connectivity index (χ1) is 14.7. The van der Waals surface area contributed by atoms with Crippen LogP contribution in [0.2, 0.25) is 0 Å². The highest BCUT2D eigenvalue weighted by molar-refractivity contribution is 14.0. The van der Waals surface area contributed by atoms with Crippen LogP contribution in [0.4, 0.5) is 0 Å². The van der Waals surface area contributed by atoms with Crippen molar-refractivity contribution >= 4 is 29.9 Å². The fourth-order valence-corrected chi connectivity index (χ4v) is 4.31. The van der Waals surface area contributed by atoms with Crippen molar-refractivity contribution in [3.8, 4) is 11.5 Å². The quantitative estimate of drug-likeness (QED) is 0.330. The lowest BCUT2D eigenvalue weighted by Crippen LogP contribution is -2.41. The monoisotopic (exact) mass is 540 g/mol. The van der Waals surface area contributed by atoms with E-state index in [0.717, 1.165) is 66.9 Å². The highest BCUT2D eigenvalue weighted by Crippen LogP contribution is 2.34. The first-order valence-electron chi connectivity index (χ1n) is 10.9. The average Bonchev–Trinajstić information content (AvgIpc) is 3.40. The smallest absolute Gasteiger partial charge is 0.191 e. The molecule has 1 aliphatic carbocycles. The Hall–Kier alpha value is -2.04. The maximum atomic E-state index is 6.35. The number of aliphatic imine (C=N–C) groups is 1. The number of fused-ring (bicyclic) bond motifs is 1. The molecule has 0 amide bonds. The summed E-state index contributed by atoms with van der Waals surface area (Å²) in [6, 6.07) is 6.14. The zero-order chi connectivity index (χ0) is 20.9. The number of hydrogen-bond donors (Lipinski definition) is 2. The molecular formula is C22H33IN6O2. The minimum absolute atomic E-state index is 0. The molecule has 0 saturated heterocycles. The Balaban J connectivity index is 0.00000272. The summed E-state index contributed by atoms with van der Waals surface area (Å²) in [5.74, 6) is 4.15. The van der Waals surface area contributed by atoms with Gasteiger partial charge in [0.15, 0.2) is 17.5 Å². The number of hydrogen-bond acceptors (Lipinski definition) is 5. The molecule has 1 fully saturated rings. The summed E-state index contributed by atoms with van der Waals surface area (Å²) in [6.07, 6.45) is 7.03. The molecule has 31 heavy (non-hydrogen) atoms. The molecule has 1 unspecified atom stereocenters. The largest absolute Gasteiger partial charge is 0.493 e. The molecule has 1 aromatic carbocycles. The van der Waals surface area contributed by atoms with Crippen molar-refractivity contribution in [1.82, 2.24) is 25.4 Å². The van der Waals surface area contributed by atoms with Gasteiger partial charge in [0.2, 0.25) is 0 Å². The number of methoxy groups -OCH3 is 1. The van der Waals surface area contributed by atoms with Gasteiger partial charge in [0.05, 0.1) is 19.3 Å². The Labute approximate surface area is 201 Å². The van der Waals surface area contributed by atoms with Crippen LogP contribution in [-0.2, 0) is 13.1 Å². The molecule has 4 rings (SSSR count). The Kier molecular flexibility index (Phi) is 8.39. The van der Waals surface area contributed by atoms with Gasteiger partial charge in [-0.25, -0.2) is 9.67 Å². The Morgan fingerprint density at radius 2 is 2.03 bits per heavy atom. The summed E-state index contributed by atoms with van der Waals surface area (Å²) >= 11 is 0. The number of para-hydroxylation sites is 1. The topological polar surface area (TPSA) is 85.6 Å². The van der Waals surface area contributed by atoms with E-state index in [1.807, 2.05) is 23.7 Å². The van der Waals surface area contributed by atoms with Gasteiger partial charge >= 0.3 is 0 Å². The second-order valence-corrected chi connectivity index (χ2v) is 7.98. The van der Waals surface area contributed by atoms with Crippen LogP contribution in [-0.4, -0.2) is 41.0 Å². The number of halogens is 1. The molecule has 1 atom stereocenters. The van der Waals surface area contributed by atoms with Gasteiger partial charge < -0.3 is 20.1 Å². The predicted molar refractivity (Wildman–Crippen MR) is 131 cm³/mol. The van der Waals surface area contributed by atoms with Gasteiger partial charge in [-0.2, -0.15) is 5.10 Å². The summed E-state index contributed by atoms with van der Waals surface area (Å²) in [6.45, 7) is 3.45. The highest BCUT2D eigenvalue weighted by atomic mass is 127.